The predicted molar refractivity (Wildman–Crippen MR) is 59.0 cm³/mol. The SMILES string of the molecule is Cc1nc(CN(CC(N)=O)CC(=O)O)cs1. The Morgan fingerprint density at radius 1 is 1.56 bits per heavy atom. The standard InChI is InChI=1S/C9H13N3O3S/c1-6-11-7(5-16-6)2-12(3-8(10)13)4-9(14)15/h5H,2-4H2,1H3,(H2,10,13)(H,14,15). The molecule has 0 saturated heterocycles. The Kier molecular flexibility index (Phi) is 4.39. The summed E-state index contributed by atoms with van der Waals surface area (Å²) in [5, 5.41) is 11.4. The molecule has 7 heteroatoms. The molecular weight excluding hydrogens is 230 g/mol. The first-order valence-electron chi connectivity index (χ1n) is 4.61. The lowest BCUT2D eigenvalue weighted by Gasteiger charge is -2.16. The van der Waals surface area contributed by atoms with Gasteiger partial charge in [0.2, 0.25) is 5.91 Å². The van der Waals surface area contributed by atoms with Crippen LogP contribution < -0.4 is 5.73 Å². The van der Waals surface area contributed by atoms with Gasteiger partial charge in [0.1, 0.15) is 0 Å². The third-order valence-corrected chi connectivity index (χ3v) is 2.61. The highest BCUT2D eigenvalue weighted by atomic mass is 32.1. The van der Waals surface area contributed by atoms with Crippen molar-refractivity contribution in [2.24, 2.45) is 5.73 Å². The maximum Gasteiger partial charge on any atom is 0.317 e. The lowest BCUT2D eigenvalue weighted by Crippen LogP contribution is -2.36. The van der Waals surface area contributed by atoms with Gasteiger partial charge < -0.3 is 10.8 Å². The number of amides is 1. The number of nitrogens with two attached hydrogens (primary N) is 1. The second-order valence-electron chi connectivity index (χ2n) is 3.36. The lowest BCUT2D eigenvalue weighted by molar-refractivity contribution is -0.138. The fourth-order valence-electron chi connectivity index (χ4n) is 1.29. The molecule has 0 radical (unpaired) electrons. The maximum absolute atomic E-state index is 10.8. The normalized spacial score (nSPS) is 10.6. The quantitative estimate of drug-likeness (QED) is 0.722. The van der Waals surface area contributed by atoms with Gasteiger partial charge in [0.15, 0.2) is 0 Å². The van der Waals surface area contributed by atoms with Crippen molar-refractivity contribution in [2.45, 2.75) is 13.5 Å². The van der Waals surface area contributed by atoms with Crippen LogP contribution in [0.1, 0.15) is 10.7 Å². The average Bonchev–Trinajstić information content (AvgIpc) is 2.48. The fraction of sp³-hybridized carbons (Fsp3) is 0.444. The zero-order valence-electron chi connectivity index (χ0n) is 8.84. The molecule has 0 bridgehead atoms. The fourth-order valence-corrected chi connectivity index (χ4v) is 1.89. The summed E-state index contributed by atoms with van der Waals surface area (Å²) in [6.45, 7) is 1.88. The number of carbonyl (C=O) groups excluding carboxylic acids is 1. The Morgan fingerprint density at radius 3 is 2.69 bits per heavy atom. The molecule has 1 aromatic rings. The van der Waals surface area contributed by atoms with E-state index in [0.717, 1.165) is 10.7 Å². The number of aromatic nitrogens is 1. The van der Waals surface area contributed by atoms with E-state index in [2.05, 4.69) is 4.98 Å². The number of hydrogen-bond acceptors (Lipinski definition) is 5. The zero-order chi connectivity index (χ0) is 12.1. The van der Waals surface area contributed by atoms with Crippen LogP contribution in [-0.4, -0.2) is 40.0 Å². The van der Waals surface area contributed by atoms with E-state index in [0.29, 0.717) is 6.54 Å². The number of rotatable bonds is 6. The van der Waals surface area contributed by atoms with E-state index in [9.17, 15) is 9.59 Å². The van der Waals surface area contributed by atoms with E-state index in [1.54, 1.807) is 0 Å². The minimum absolute atomic E-state index is 0.0805. The summed E-state index contributed by atoms with van der Waals surface area (Å²) in [6.07, 6.45) is 0. The molecule has 1 rings (SSSR count). The molecule has 1 amide bonds. The molecule has 0 aliphatic rings. The number of carboxylic acids is 1. The molecule has 0 aliphatic carbocycles. The Hall–Kier alpha value is -1.47. The number of carbonyl (C=O) groups is 2. The molecule has 16 heavy (non-hydrogen) atoms. The smallest absolute Gasteiger partial charge is 0.317 e. The Morgan fingerprint density at radius 2 is 2.25 bits per heavy atom. The monoisotopic (exact) mass is 243 g/mol. The van der Waals surface area contributed by atoms with Gasteiger partial charge >= 0.3 is 5.97 Å². The number of aryl methyl sites for hydroxylation is 1. The van der Waals surface area contributed by atoms with Crippen LogP contribution in [0.5, 0.6) is 0 Å². The van der Waals surface area contributed by atoms with Gasteiger partial charge in [-0.2, -0.15) is 0 Å². The molecule has 1 heterocycles. The van der Waals surface area contributed by atoms with E-state index in [1.165, 1.54) is 16.2 Å². The second kappa shape index (κ2) is 5.57. The third kappa shape index (κ3) is 4.37. The van der Waals surface area contributed by atoms with Crippen molar-refractivity contribution in [3.05, 3.63) is 16.1 Å². The number of primary amides is 1. The van der Waals surface area contributed by atoms with Crippen LogP contribution in [0.25, 0.3) is 0 Å². The molecule has 0 unspecified atom stereocenters. The molecular formula is C9H13N3O3S. The third-order valence-electron chi connectivity index (χ3n) is 1.79. The van der Waals surface area contributed by atoms with Crippen molar-refractivity contribution in [3.63, 3.8) is 0 Å². The summed E-state index contributed by atoms with van der Waals surface area (Å²) in [4.78, 5) is 27.0. The van der Waals surface area contributed by atoms with Gasteiger partial charge in [-0.05, 0) is 6.92 Å². The first-order valence-corrected chi connectivity index (χ1v) is 5.49. The van der Waals surface area contributed by atoms with E-state index in [4.69, 9.17) is 10.8 Å². The minimum Gasteiger partial charge on any atom is -0.480 e. The van der Waals surface area contributed by atoms with Crippen LogP contribution in [0.15, 0.2) is 5.38 Å². The van der Waals surface area contributed by atoms with E-state index in [-0.39, 0.29) is 13.1 Å². The van der Waals surface area contributed by atoms with Crippen LogP contribution in [-0.2, 0) is 16.1 Å². The molecule has 0 fully saturated rings. The Bertz CT molecular complexity index is 375. The van der Waals surface area contributed by atoms with Crippen LogP contribution in [0.2, 0.25) is 0 Å². The highest BCUT2D eigenvalue weighted by Crippen LogP contribution is 2.10. The van der Waals surface area contributed by atoms with E-state index >= 15 is 0 Å². The molecule has 88 valence electrons. The first kappa shape index (κ1) is 12.6. The van der Waals surface area contributed by atoms with Crippen molar-refractivity contribution in [1.82, 2.24) is 9.88 Å². The molecule has 1 aromatic heterocycles. The van der Waals surface area contributed by atoms with E-state index in [1.807, 2.05) is 12.3 Å². The van der Waals surface area contributed by atoms with Gasteiger partial charge in [0, 0.05) is 11.9 Å². The number of hydrogen-bond donors (Lipinski definition) is 2. The summed E-state index contributed by atoms with van der Waals surface area (Å²) in [6, 6.07) is 0. The van der Waals surface area contributed by atoms with Crippen LogP contribution in [0, 0.1) is 6.92 Å². The molecule has 0 aromatic carbocycles. The van der Waals surface area contributed by atoms with Gasteiger partial charge in [-0.25, -0.2) is 4.98 Å². The van der Waals surface area contributed by atoms with E-state index < -0.39 is 11.9 Å². The van der Waals surface area contributed by atoms with Crippen molar-refractivity contribution < 1.29 is 14.7 Å². The summed E-state index contributed by atoms with van der Waals surface area (Å²) in [5.74, 6) is -1.54. The lowest BCUT2D eigenvalue weighted by atomic mass is 10.4. The zero-order valence-corrected chi connectivity index (χ0v) is 9.66. The number of aliphatic carboxylic acids is 1. The second-order valence-corrected chi connectivity index (χ2v) is 4.43. The molecule has 0 atom stereocenters. The van der Waals surface area contributed by atoms with Gasteiger partial charge in [0.05, 0.1) is 23.8 Å². The molecule has 6 nitrogen and oxygen atoms in total. The number of carboxylic acid groups (broad SMARTS) is 1. The van der Waals surface area contributed by atoms with Crippen molar-refractivity contribution in [2.75, 3.05) is 13.1 Å². The molecule has 0 spiro atoms. The predicted octanol–water partition coefficient (Wildman–Crippen LogP) is -0.177. The maximum atomic E-state index is 10.8. The Labute approximate surface area is 96.7 Å². The summed E-state index contributed by atoms with van der Waals surface area (Å²) in [5.41, 5.74) is 5.79. The van der Waals surface area contributed by atoms with Crippen molar-refractivity contribution >= 4 is 23.2 Å². The van der Waals surface area contributed by atoms with Crippen molar-refractivity contribution in [3.8, 4) is 0 Å². The van der Waals surface area contributed by atoms with Crippen LogP contribution >= 0.6 is 11.3 Å². The van der Waals surface area contributed by atoms with Gasteiger partial charge in [-0.1, -0.05) is 0 Å². The summed E-state index contributed by atoms with van der Waals surface area (Å²) >= 11 is 1.48. The van der Waals surface area contributed by atoms with Crippen LogP contribution in [0.4, 0.5) is 0 Å². The van der Waals surface area contributed by atoms with Crippen molar-refractivity contribution in [1.29, 1.82) is 0 Å². The molecule has 0 saturated carbocycles. The largest absolute Gasteiger partial charge is 0.480 e. The van der Waals surface area contributed by atoms with Gasteiger partial charge in [0.25, 0.3) is 0 Å². The van der Waals surface area contributed by atoms with Gasteiger partial charge in [-0.3, -0.25) is 14.5 Å². The molecule has 3 N–H and O–H groups in total. The first-order chi connectivity index (χ1) is 7.47. The highest BCUT2D eigenvalue weighted by Gasteiger charge is 2.13. The number of nitrogens with zero attached hydrogens (tertiary/aromatic N) is 2. The highest BCUT2D eigenvalue weighted by molar-refractivity contribution is 7.09. The summed E-state index contributed by atoms with van der Waals surface area (Å²) < 4.78 is 0. The van der Waals surface area contributed by atoms with Crippen LogP contribution in [0.3, 0.4) is 0 Å². The Balaban J connectivity index is 2.62. The molecule has 0 aliphatic heterocycles. The minimum atomic E-state index is -0.992. The van der Waals surface area contributed by atoms with Gasteiger partial charge in [-0.15, -0.1) is 11.3 Å². The number of thiazole rings is 1. The summed E-state index contributed by atoms with van der Waals surface area (Å²) in [7, 11) is 0. The topological polar surface area (TPSA) is 96.5 Å². The average molecular weight is 243 g/mol.